The highest BCUT2D eigenvalue weighted by molar-refractivity contribution is 6.76. The van der Waals surface area contributed by atoms with E-state index in [2.05, 4.69) is 0 Å². The standard InChI is InChI=1S/C14H20O4Si/c1-5-12(15)14(19(4,17-2)18-3)13(16)11-9-7-6-8-10-11/h6-10,14H,5H2,1-4H3. The van der Waals surface area contributed by atoms with Crippen LogP contribution in [0.3, 0.4) is 0 Å². The first kappa shape index (κ1) is 15.8. The first-order chi connectivity index (χ1) is 9.00. The molecular formula is C14H20O4Si. The summed E-state index contributed by atoms with van der Waals surface area (Å²) in [5.41, 5.74) is -0.308. The summed E-state index contributed by atoms with van der Waals surface area (Å²) in [6.07, 6.45) is 0.290. The number of ketones is 2. The molecule has 0 aromatic heterocycles. The molecule has 19 heavy (non-hydrogen) atoms. The Hall–Kier alpha value is -1.30. The van der Waals surface area contributed by atoms with Crippen LogP contribution in [0.1, 0.15) is 23.7 Å². The lowest BCUT2D eigenvalue weighted by Gasteiger charge is -2.29. The van der Waals surface area contributed by atoms with E-state index in [1.54, 1.807) is 37.7 Å². The molecule has 5 heteroatoms. The van der Waals surface area contributed by atoms with Crippen molar-refractivity contribution in [3.8, 4) is 0 Å². The highest BCUT2D eigenvalue weighted by Crippen LogP contribution is 2.29. The molecule has 0 saturated carbocycles. The van der Waals surface area contributed by atoms with E-state index in [-0.39, 0.29) is 11.6 Å². The van der Waals surface area contributed by atoms with Gasteiger partial charge in [-0.1, -0.05) is 37.3 Å². The summed E-state index contributed by atoms with van der Waals surface area (Å²) < 4.78 is 10.8. The van der Waals surface area contributed by atoms with Gasteiger partial charge in [-0.25, -0.2) is 0 Å². The third-order valence-corrected chi connectivity index (χ3v) is 6.58. The summed E-state index contributed by atoms with van der Waals surface area (Å²) in [5.74, 6) is -0.350. The van der Waals surface area contributed by atoms with E-state index in [0.29, 0.717) is 12.0 Å². The van der Waals surface area contributed by atoms with Gasteiger partial charge in [-0.15, -0.1) is 0 Å². The maximum absolute atomic E-state index is 12.6. The van der Waals surface area contributed by atoms with Crippen molar-refractivity contribution in [2.75, 3.05) is 14.2 Å². The molecule has 104 valence electrons. The normalized spacial score (nSPS) is 13.1. The second-order valence-corrected chi connectivity index (χ2v) is 7.83. The van der Waals surface area contributed by atoms with Crippen LogP contribution < -0.4 is 0 Å². The van der Waals surface area contributed by atoms with Gasteiger partial charge in [-0.3, -0.25) is 9.59 Å². The number of Topliss-reactive ketones (excluding diaryl/α,β-unsaturated/α-hetero) is 2. The zero-order chi connectivity index (χ0) is 14.5. The molecule has 0 spiro atoms. The van der Waals surface area contributed by atoms with Crippen LogP contribution in [-0.2, 0) is 13.6 Å². The Morgan fingerprint density at radius 3 is 2.11 bits per heavy atom. The van der Waals surface area contributed by atoms with Crippen LogP contribution in [-0.4, -0.2) is 34.3 Å². The van der Waals surface area contributed by atoms with Gasteiger partial charge in [-0.05, 0) is 6.55 Å². The monoisotopic (exact) mass is 280 g/mol. The van der Waals surface area contributed by atoms with Crippen LogP contribution in [0, 0.1) is 0 Å². The van der Waals surface area contributed by atoms with Gasteiger partial charge in [0, 0.05) is 26.2 Å². The molecule has 4 nitrogen and oxygen atoms in total. The molecule has 0 N–H and O–H groups in total. The van der Waals surface area contributed by atoms with E-state index >= 15 is 0 Å². The van der Waals surface area contributed by atoms with Crippen LogP contribution in [0.2, 0.25) is 12.1 Å². The van der Waals surface area contributed by atoms with Gasteiger partial charge >= 0.3 is 8.56 Å². The van der Waals surface area contributed by atoms with Crippen LogP contribution in [0.5, 0.6) is 0 Å². The van der Waals surface area contributed by atoms with Gasteiger partial charge in [0.15, 0.2) is 5.78 Å². The second-order valence-electron chi connectivity index (χ2n) is 4.41. The molecule has 1 aromatic rings. The first-order valence-electron chi connectivity index (χ1n) is 6.22. The van der Waals surface area contributed by atoms with E-state index in [1.165, 1.54) is 14.2 Å². The van der Waals surface area contributed by atoms with Gasteiger partial charge in [0.25, 0.3) is 0 Å². The summed E-state index contributed by atoms with van der Waals surface area (Å²) in [5, 5.41) is 0. The Morgan fingerprint density at radius 1 is 1.16 bits per heavy atom. The van der Waals surface area contributed by atoms with Gasteiger partial charge in [0.2, 0.25) is 0 Å². The highest BCUT2D eigenvalue weighted by atomic mass is 28.4. The molecule has 1 aromatic carbocycles. The van der Waals surface area contributed by atoms with E-state index in [9.17, 15) is 9.59 Å². The quantitative estimate of drug-likeness (QED) is 0.437. The number of carbonyl (C=O) groups excluding carboxylic acids is 2. The Balaban J connectivity index is 3.19. The fourth-order valence-corrected chi connectivity index (χ4v) is 4.04. The van der Waals surface area contributed by atoms with Gasteiger partial charge in [0.05, 0.1) is 0 Å². The summed E-state index contributed by atoms with van der Waals surface area (Å²) in [4.78, 5) is 24.7. The third-order valence-electron chi connectivity index (χ3n) is 3.33. The number of carbonyl (C=O) groups is 2. The number of rotatable bonds is 7. The van der Waals surface area contributed by atoms with Gasteiger partial charge < -0.3 is 8.85 Å². The van der Waals surface area contributed by atoms with Crippen molar-refractivity contribution in [3.63, 3.8) is 0 Å². The van der Waals surface area contributed by atoms with Crippen molar-refractivity contribution >= 4 is 20.1 Å². The van der Waals surface area contributed by atoms with Crippen molar-refractivity contribution < 1.29 is 18.4 Å². The molecule has 1 unspecified atom stereocenters. The van der Waals surface area contributed by atoms with E-state index in [0.717, 1.165) is 0 Å². The van der Waals surface area contributed by atoms with E-state index in [1.807, 2.05) is 6.07 Å². The minimum atomic E-state index is -2.86. The molecule has 0 bridgehead atoms. The maximum Gasteiger partial charge on any atom is 0.353 e. The minimum absolute atomic E-state index is 0.133. The smallest absolute Gasteiger partial charge is 0.353 e. The third kappa shape index (κ3) is 3.37. The average molecular weight is 280 g/mol. The van der Waals surface area contributed by atoms with E-state index < -0.39 is 14.1 Å². The molecule has 1 atom stereocenters. The summed E-state index contributed by atoms with van der Waals surface area (Å²) >= 11 is 0. The zero-order valence-corrected chi connectivity index (χ0v) is 12.8. The molecule has 0 saturated heterocycles. The van der Waals surface area contributed by atoms with Crippen molar-refractivity contribution in [3.05, 3.63) is 35.9 Å². The molecule has 0 fully saturated rings. The van der Waals surface area contributed by atoms with E-state index in [4.69, 9.17) is 8.85 Å². The summed E-state index contributed by atoms with van der Waals surface area (Å²) in [6.45, 7) is 3.49. The molecule has 1 rings (SSSR count). The fraction of sp³-hybridized carbons (Fsp3) is 0.429. The lowest BCUT2D eigenvalue weighted by atomic mass is 10.0. The van der Waals surface area contributed by atoms with Crippen LogP contribution in [0.15, 0.2) is 30.3 Å². The Bertz CT molecular complexity index is 440. The lowest BCUT2D eigenvalue weighted by molar-refractivity contribution is -0.118. The van der Waals surface area contributed by atoms with Crippen molar-refractivity contribution in [1.82, 2.24) is 0 Å². The molecule has 0 amide bonds. The van der Waals surface area contributed by atoms with Crippen LogP contribution >= 0.6 is 0 Å². The molecule has 0 aliphatic rings. The zero-order valence-electron chi connectivity index (χ0n) is 11.8. The minimum Gasteiger partial charge on any atom is -0.397 e. The van der Waals surface area contributed by atoms with Gasteiger partial charge in [-0.2, -0.15) is 0 Å². The first-order valence-corrected chi connectivity index (χ1v) is 8.61. The Labute approximate surface area is 115 Å². The topological polar surface area (TPSA) is 52.6 Å². The SMILES string of the molecule is CCC(=O)C(C(=O)c1ccccc1)[Si](C)(OC)OC. The number of benzene rings is 1. The molecular weight excluding hydrogens is 260 g/mol. The summed E-state index contributed by atoms with van der Waals surface area (Å²) in [6, 6.07) is 8.80. The predicted molar refractivity (Wildman–Crippen MR) is 75.5 cm³/mol. The Kier molecular flexibility index (Phi) is 5.59. The van der Waals surface area contributed by atoms with Gasteiger partial charge in [0.1, 0.15) is 11.3 Å². The molecule has 0 radical (unpaired) electrons. The van der Waals surface area contributed by atoms with Crippen molar-refractivity contribution in [2.45, 2.75) is 25.4 Å². The second kappa shape index (κ2) is 6.74. The fourth-order valence-electron chi connectivity index (χ4n) is 1.97. The highest BCUT2D eigenvalue weighted by Gasteiger charge is 2.48. The molecule has 0 aliphatic carbocycles. The van der Waals surface area contributed by atoms with Crippen molar-refractivity contribution in [1.29, 1.82) is 0 Å². The Morgan fingerprint density at radius 2 is 1.68 bits per heavy atom. The molecule has 0 aliphatic heterocycles. The number of hydrogen-bond acceptors (Lipinski definition) is 4. The van der Waals surface area contributed by atoms with Crippen LogP contribution in [0.25, 0.3) is 0 Å². The number of hydrogen-bond donors (Lipinski definition) is 0. The van der Waals surface area contributed by atoms with Crippen molar-refractivity contribution in [2.24, 2.45) is 0 Å². The van der Waals surface area contributed by atoms with Crippen LogP contribution in [0.4, 0.5) is 0 Å². The molecule has 0 heterocycles. The predicted octanol–water partition coefficient (Wildman–Crippen LogP) is 2.58. The average Bonchev–Trinajstić information content (AvgIpc) is 2.47. The maximum atomic E-state index is 12.6. The summed E-state index contributed by atoms with van der Waals surface area (Å²) in [7, 11) is 0.124. The lowest BCUT2D eigenvalue weighted by Crippen LogP contribution is -2.48. The largest absolute Gasteiger partial charge is 0.397 e.